The molecule has 0 radical (unpaired) electrons. The van der Waals surface area contributed by atoms with Crippen molar-refractivity contribution < 1.29 is 32.6 Å². The summed E-state index contributed by atoms with van der Waals surface area (Å²) in [5.74, 6) is -3.79. The summed E-state index contributed by atoms with van der Waals surface area (Å²) in [6, 6.07) is 8.42. The van der Waals surface area contributed by atoms with Gasteiger partial charge < -0.3 is 14.2 Å². The number of hydrogen-bond acceptors (Lipinski definition) is 5. The van der Waals surface area contributed by atoms with Gasteiger partial charge in [-0.15, -0.1) is 0 Å². The number of hydrogen-bond donors (Lipinski definition) is 0. The highest BCUT2D eigenvalue weighted by atomic mass is 19.2. The average molecular weight is 386 g/mol. The Kier molecular flexibility index (Phi) is 6.81. The summed E-state index contributed by atoms with van der Waals surface area (Å²) in [4.78, 5) is 22.3. The Hall–Kier alpha value is -3.74. The van der Waals surface area contributed by atoms with Gasteiger partial charge in [0.25, 0.3) is 0 Å². The van der Waals surface area contributed by atoms with Gasteiger partial charge >= 0.3 is 11.9 Å². The molecule has 0 unspecified atom stereocenters. The molecule has 28 heavy (non-hydrogen) atoms. The fraction of sp³-hybridized carbons (Fsp3) is 0.0476. The average Bonchev–Trinajstić information content (AvgIpc) is 2.68. The van der Waals surface area contributed by atoms with Crippen molar-refractivity contribution in [1.29, 1.82) is 0 Å². The molecular weight excluding hydrogens is 370 g/mol. The lowest BCUT2D eigenvalue weighted by Crippen LogP contribution is -2.07. The van der Waals surface area contributed by atoms with Gasteiger partial charge in [-0.3, -0.25) is 0 Å². The van der Waals surface area contributed by atoms with Crippen LogP contribution in [0.1, 0.15) is 6.92 Å². The second-order valence-electron chi connectivity index (χ2n) is 5.46. The smallest absolute Gasteiger partial charge is 0.338 e. The monoisotopic (exact) mass is 386 g/mol. The first-order chi connectivity index (χ1) is 13.3. The van der Waals surface area contributed by atoms with Crippen molar-refractivity contribution >= 4 is 11.9 Å². The molecule has 0 atom stereocenters. The number of esters is 2. The predicted octanol–water partition coefficient (Wildman–Crippen LogP) is 4.69. The maximum atomic E-state index is 14.4. The summed E-state index contributed by atoms with van der Waals surface area (Å²) in [6.07, 6.45) is 2.70. The van der Waals surface area contributed by atoms with E-state index >= 15 is 0 Å². The van der Waals surface area contributed by atoms with Crippen LogP contribution in [0.2, 0.25) is 0 Å². The summed E-state index contributed by atoms with van der Waals surface area (Å²) in [6.45, 7) is 8.19. The zero-order chi connectivity index (χ0) is 20.7. The van der Waals surface area contributed by atoms with Crippen LogP contribution in [-0.2, 0) is 14.3 Å². The van der Waals surface area contributed by atoms with Crippen LogP contribution in [0, 0.1) is 11.6 Å². The Morgan fingerprint density at radius 2 is 1.68 bits per heavy atom. The molecule has 2 rings (SSSR count). The minimum Gasteiger partial charge on any atom is -0.459 e. The highest BCUT2D eigenvalue weighted by molar-refractivity contribution is 5.88. The van der Waals surface area contributed by atoms with Gasteiger partial charge in [0.1, 0.15) is 18.3 Å². The highest BCUT2D eigenvalue weighted by Gasteiger charge is 2.16. The van der Waals surface area contributed by atoms with E-state index in [1.807, 2.05) is 0 Å². The lowest BCUT2D eigenvalue weighted by molar-refractivity contribution is -0.132. The molecule has 0 aliphatic rings. The quantitative estimate of drug-likeness (QED) is 0.299. The first kappa shape index (κ1) is 20.6. The largest absolute Gasteiger partial charge is 0.459 e. The van der Waals surface area contributed by atoms with E-state index in [0.29, 0.717) is 5.56 Å². The normalized spacial score (nSPS) is 10.4. The third-order valence-electron chi connectivity index (χ3n) is 3.37. The highest BCUT2D eigenvalue weighted by Crippen LogP contribution is 2.31. The summed E-state index contributed by atoms with van der Waals surface area (Å²) in [5.41, 5.74) is 0.597. The molecule has 0 aromatic heterocycles. The predicted molar refractivity (Wildman–Crippen MR) is 98.3 cm³/mol. The number of rotatable bonds is 7. The van der Waals surface area contributed by atoms with Crippen molar-refractivity contribution in [3.63, 3.8) is 0 Å². The molecule has 0 heterocycles. The molecule has 0 fully saturated rings. The third-order valence-corrected chi connectivity index (χ3v) is 3.37. The van der Waals surface area contributed by atoms with Crippen LogP contribution in [0.5, 0.6) is 11.5 Å². The summed E-state index contributed by atoms with van der Waals surface area (Å²) in [5, 5.41) is 0. The van der Waals surface area contributed by atoms with Crippen molar-refractivity contribution in [3.8, 4) is 22.6 Å². The molecule has 0 bridgehead atoms. The Bertz CT molecular complexity index is 946. The van der Waals surface area contributed by atoms with Gasteiger partial charge in [-0.25, -0.2) is 14.0 Å². The van der Waals surface area contributed by atoms with E-state index in [0.717, 1.165) is 18.6 Å². The molecule has 2 aromatic carbocycles. The van der Waals surface area contributed by atoms with Gasteiger partial charge in [0.2, 0.25) is 5.82 Å². The first-order valence-electron chi connectivity index (χ1n) is 7.94. The Morgan fingerprint density at radius 3 is 2.29 bits per heavy atom. The van der Waals surface area contributed by atoms with Crippen molar-refractivity contribution in [1.82, 2.24) is 0 Å². The second kappa shape index (κ2) is 9.27. The second-order valence-corrected chi connectivity index (χ2v) is 5.46. The van der Waals surface area contributed by atoms with Crippen molar-refractivity contribution in [3.05, 3.63) is 85.4 Å². The van der Waals surface area contributed by atoms with E-state index in [-0.39, 0.29) is 22.6 Å². The lowest BCUT2D eigenvalue weighted by Gasteiger charge is -2.09. The van der Waals surface area contributed by atoms with Gasteiger partial charge in [-0.05, 0) is 36.8 Å². The topological polar surface area (TPSA) is 61.8 Å². The molecule has 0 aliphatic carbocycles. The number of carbonyl (C=O) groups excluding carboxylic acids is 2. The van der Waals surface area contributed by atoms with Crippen LogP contribution in [-0.4, -0.2) is 11.9 Å². The standard InChI is InChI=1S/C21H16F2O5/c1-4-18(24)27-12-11-26-17-10-9-16(19(22)20(17)23)14-5-7-15(8-6-14)28-21(25)13(2)3/h4-12H,1-2H2,3H3. The lowest BCUT2D eigenvalue weighted by atomic mass is 10.0. The molecule has 0 N–H and O–H groups in total. The molecule has 0 saturated heterocycles. The van der Waals surface area contributed by atoms with Gasteiger partial charge in [-0.1, -0.05) is 25.3 Å². The SMILES string of the molecule is C=CC(=O)OC=COc1ccc(-c2ccc(OC(=O)C(=C)C)cc2)c(F)c1F. The van der Waals surface area contributed by atoms with Crippen molar-refractivity contribution in [2.24, 2.45) is 0 Å². The number of ether oxygens (including phenoxy) is 3. The van der Waals surface area contributed by atoms with Gasteiger partial charge in [0, 0.05) is 17.2 Å². The molecule has 0 saturated carbocycles. The zero-order valence-electron chi connectivity index (χ0n) is 14.9. The fourth-order valence-electron chi connectivity index (χ4n) is 1.99. The minimum atomic E-state index is -1.21. The summed E-state index contributed by atoms with van der Waals surface area (Å²) in [7, 11) is 0. The molecule has 7 heteroatoms. The van der Waals surface area contributed by atoms with Crippen LogP contribution in [0.3, 0.4) is 0 Å². The van der Waals surface area contributed by atoms with Crippen LogP contribution in [0.4, 0.5) is 8.78 Å². The Morgan fingerprint density at radius 1 is 1.00 bits per heavy atom. The van der Waals surface area contributed by atoms with Crippen molar-refractivity contribution in [2.75, 3.05) is 0 Å². The van der Waals surface area contributed by atoms with Crippen LogP contribution >= 0.6 is 0 Å². The van der Waals surface area contributed by atoms with Gasteiger partial charge in [0.15, 0.2) is 11.6 Å². The molecule has 0 aliphatic heterocycles. The summed E-state index contributed by atoms with van der Waals surface area (Å²) >= 11 is 0. The number of carbonyl (C=O) groups is 2. The first-order valence-corrected chi connectivity index (χ1v) is 7.94. The molecule has 5 nitrogen and oxygen atoms in total. The minimum absolute atomic E-state index is 0.00954. The molecule has 0 amide bonds. The third kappa shape index (κ3) is 5.14. The number of benzene rings is 2. The van der Waals surface area contributed by atoms with Gasteiger partial charge in [-0.2, -0.15) is 4.39 Å². The fourth-order valence-corrected chi connectivity index (χ4v) is 1.99. The molecular formula is C21H16F2O5. The maximum absolute atomic E-state index is 14.4. The van der Waals surface area contributed by atoms with Gasteiger partial charge in [0.05, 0.1) is 0 Å². The van der Waals surface area contributed by atoms with E-state index in [9.17, 15) is 18.4 Å². The van der Waals surface area contributed by atoms with Crippen LogP contribution < -0.4 is 9.47 Å². The number of halogens is 2. The van der Waals surface area contributed by atoms with E-state index in [1.54, 1.807) is 0 Å². The Labute approximate surface area is 160 Å². The maximum Gasteiger partial charge on any atom is 0.338 e. The molecule has 144 valence electrons. The van der Waals surface area contributed by atoms with Crippen molar-refractivity contribution in [2.45, 2.75) is 6.92 Å². The zero-order valence-corrected chi connectivity index (χ0v) is 14.9. The van der Waals surface area contributed by atoms with Crippen LogP contribution in [0.25, 0.3) is 11.1 Å². The Balaban J connectivity index is 2.15. The molecule has 2 aromatic rings. The van der Waals surface area contributed by atoms with E-state index < -0.39 is 23.6 Å². The summed E-state index contributed by atoms with van der Waals surface area (Å²) < 4.78 is 43.1. The van der Waals surface area contributed by atoms with E-state index in [1.165, 1.54) is 43.3 Å². The van der Waals surface area contributed by atoms with Crippen LogP contribution in [0.15, 0.2) is 73.7 Å². The molecule has 0 spiro atoms. The van der Waals surface area contributed by atoms with E-state index in [2.05, 4.69) is 17.9 Å². The van der Waals surface area contributed by atoms with E-state index in [4.69, 9.17) is 9.47 Å².